The van der Waals surface area contributed by atoms with Crippen molar-refractivity contribution in [1.29, 1.82) is 0 Å². The molecule has 0 saturated heterocycles. The third-order valence-corrected chi connectivity index (χ3v) is 3.17. The normalized spacial score (nSPS) is 10.4. The number of rotatable bonds is 7. The molecule has 0 heterocycles. The minimum Gasteiger partial charge on any atom is -0.494 e. The number of benzene rings is 2. The average Bonchev–Trinajstić information content (AvgIpc) is 2.52. The second-order valence-corrected chi connectivity index (χ2v) is 4.55. The van der Waals surface area contributed by atoms with E-state index in [1.165, 1.54) is 0 Å². The standard InChI is InChI=1S/C18H19O3/c1-3-20-16-9-5-14(6-10-16)18(13-19)15-7-11-17(12-8-15)21-4-2/h5-12,18H,3-4H2,1-2H3. The maximum Gasteiger partial charge on any atom is 0.211 e. The number of ether oxygens (including phenoxy) is 2. The molecule has 0 aliphatic carbocycles. The van der Waals surface area contributed by atoms with Crippen molar-refractivity contribution in [2.45, 2.75) is 19.8 Å². The average molecular weight is 283 g/mol. The van der Waals surface area contributed by atoms with Crippen LogP contribution in [0.3, 0.4) is 0 Å². The second-order valence-electron chi connectivity index (χ2n) is 4.55. The van der Waals surface area contributed by atoms with E-state index in [4.69, 9.17) is 9.47 Å². The van der Waals surface area contributed by atoms with Crippen LogP contribution in [0, 0.1) is 0 Å². The Morgan fingerprint density at radius 2 is 1.19 bits per heavy atom. The van der Waals surface area contributed by atoms with Crippen LogP contribution in [-0.4, -0.2) is 19.5 Å². The van der Waals surface area contributed by atoms with Gasteiger partial charge in [0.25, 0.3) is 0 Å². The first kappa shape index (κ1) is 15.1. The van der Waals surface area contributed by atoms with Gasteiger partial charge in [-0.2, -0.15) is 0 Å². The van der Waals surface area contributed by atoms with Crippen LogP contribution in [0.15, 0.2) is 48.5 Å². The van der Waals surface area contributed by atoms with Crippen LogP contribution < -0.4 is 9.47 Å². The zero-order chi connectivity index (χ0) is 15.1. The summed E-state index contributed by atoms with van der Waals surface area (Å²) in [5.41, 5.74) is 1.80. The van der Waals surface area contributed by atoms with Crippen molar-refractivity contribution < 1.29 is 14.3 Å². The minimum absolute atomic E-state index is 0.392. The third-order valence-electron chi connectivity index (χ3n) is 3.17. The molecular formula is C18H19O3. The molecule has 0 bridgehead atoms. The highest BCUT2D eigenvalue weighted by molar-refractivity contribution is 5.69. The molecule has 0 aliphatic rings. The first-order chi connectivity index (χ1) is 10.3. The van der Waals surface area contributed by atoms with Gasteiger partial charge in [-0.3, -0.25) is 4.79 Å². The summed E-state index contributed by atoms with van der Waals surface area (Å²) in [6.45, 7) is 5.13. The molecule has 109 valence electrons. The molecule has 3 heteroatoms. The predicted molar refractivity (Wildman–Crippen MR) is 82.8 cm³/mol. The summed E-state index contributed by atoms with van der Waals surface area (Å²) in [7, 11) is 0. The van der Waals surface area contributed by atoms with E-state index in [2.05, 4.69) is 6.29 Å². The quantitative estimate of drug-likeness (QED) is 0.776. The maximum absolute atomic E-state index is 11.3. The lowest BCUT2D eigenvalue weighted by molar-refractivity contribution is 0.340. The topological polar surface area (TPSA) is 35.5 Å². The van der Waals surface area contributed by atoms with Crippen LogP contribution >= 0.6 is 0 Å². The summed E-state index contributed by atoms with van der Waals surface area (Å²) >= 11 is 0. The van der Waals surface area contributed by atoms with Crippen LogP contribution in [0.5, 0.6) is 11.5 Å². The molecule has 0 spiro atoms. The van der Waals surface area contributed by atoms with Crippen molar-refractivity contribution in [3.63, 3.8) is 0 Å². The van der Waals surface area contributed by atoms with Crippen molar-refractivity contribution >= 4 is 6.29 Å². The molecule has 0 N–H and O–H groups in total. The molecule has 2 aromatic rings. The van der Waals surface area contributed by atoms with Gasteiger partial charge in [0.05, 0.1) is 19.1 Å². The molecule has 2 rings (SSSR count). The summed E-state index contributed by atoms with van der Waals surface area (Å²) < 4.78 is 10.8. The van der Waals surface area contributed by atoms with Gasteiger partial charge in [-0.05, 0) is 49.2 Å². The van der Waals surface area contributed by atoms with Crippen molar-refractivity contribution in [2.75, 3.05) is 13.2 Å². The van der Waals surface area contributed by atoms with Gasteiger partial charge < -0.3 is 9.47 Å². The molecule has 0 aromatic heterocycles. The molecule has 1 radical (unpaired) electrons. The number of hydrogen-bond donors (Lipinski definition) is 0. The Hall–Kier alpha value is -2.29. The molecule has 0 aliphatic heterocycles. The lowest BCUT2D eigenvalue weighted by Gasteiger charge is -2.12. The second kappa shape index (κ2) is 7.48. The fourth-order valence-electron chi connectivity index (χ4n) is 2.17. The summed E-state index contributed by atoms with van der Waals surface area (Å²) in [6, 6.07) is 15.1. The Labute approximate surface area is 125 Å². The van der Waals surface area contributed by atoms with Crippen LogP contribution in [0.4, 0.5) is 0 Å². The van der Waals surface area contributed by atoms with Crippen molar-refractivity contribution in [2.24, 2.45) is 0 Å². The Balaban J connectivity index is 2.20. The van der Waals surface area contributed by atoms with Gasteiger partial charge in [0.15, 0.2) is 0 Å². The molecule has 0 fully saturated rings. The van der Waals surface area contributed by atoms with E-state index in [9.17, 15) is 4.79 Å². The van der Waals surface area contributed by atoms with Gasteiger partial charge in [-0.1, -0.05) is 24.3 Å². The Morgan fingerprint density at radius 1 is 0.810 bits per heavy atom. The molecule has 0 unspecified atom stereocenters. The SMILES string of the molecule is CCOc1ccc(C([C]=O)c2ccc(OCC)cc2)cc1. The third kappa shape index (κ3) is 3.85. The van der Waals surface area contributed by atoms with Gasteiger partial charge in [-0.25, -0.2) is 0 Å². The highest BCUT2D eigenvalue weighted by Gasteiger charge is 2.14. The van der Waals surface area contributed by atoms with E-state index in [-0.39, 0.29) is 0 Å². The fraction of sp³-hybridized carbons (Fsp3) is 0.278. The lowest BCUT2D eigenvalue weighted by atomic mass is 9.92. The zero-order valence-corrected chi connectivity index (χ0v) is 12.3. The lowest BCUT2D eigenvalue weighted by Crippen LogP contribution is -2.03. The smallest absolute Gasteiger partial charge is 0.211 e. The van der Waals surface area contributed by atoms with E-state index < -0.39 is 5.92 Å². The van der Waals surface area contributed by atoms with E-state index in [1.807, 2.05) is 62.4 Å². The molecule has 0 saturated carbocycles. The number of hydrogen-bond acceptors (Lipinski definition) is 3. The highest BCUT2D eigenvalue weighted by atomic mass is 16.5. The van der Waals surface area contributed by atoms with Gasteiger partial charge in [-0.15, -0.1) is 0 Å². The molecule has 0 amide bonds. The first-order valence-corrected chi connectivity index (χ1v) is 7.11. The Morgan fingerprint density at radius 3 is 1.48 bits per heavy atom. The first-order valence-electron chi connectivity index (χ1n) is 7.11. The molecule has 0 atom stereocenters. The van der Waals surface area contributed by atoms with Crippen LogP contribution in [-0.2, 0) is 4.79 Å². The molecule has 3 nitrogen and oxygen atoms in total. The fourth-order valence-corrected chi connectivity index (χ4v) is 2.17. The van der Waals surface area contributed by atoms with Crippen molar-refractivity contribution in [1.82, 2.24) is 0 Å². The maximum atomic E-state index is 11.3. The summed E-state index contributed by atoms with van der Waals surface area (Å²) in [4.78, 5) is 11.3. The van der Waals surface area contributed by atoms with Gasteiger partial charge in [0.1, 0.15) is 11.5 Å². The predicted octanol–water partition coefficient (Wildman–Crippen LogP) is 3.73. The molecule has 2 aromatic carbocycles. The molecule has 21 heavy (non-hydrogen) atoms. The van der Waals surface area contributed by atoms with Gasteiger partial charge in [0.2, 0.25) is 6.29 Å². The monoisotopic (exact) mass is 283 g/mol. The van der Waals surface area contributed by atoms with E-state index in [0.29, 0.717) is 13.2 Å². The summed E-state index contributed by atoms with van der Waals surface area (Å²) in [5, 5.41) is 0. The highest BCUT2D eigenvalue weighted by Crippen LogP contribution is 2.26. The van der Waals surface area contributed by atoms with Crippen molar-refractivity contribution in [3.05, 3.63) is 59.7 Å². The summed E-state index contributed by atoms with van der Waals surface area (Å²) in [6.07, 6.45) is 2.11. The van der Waals surface area contributed by atoms with Crippen molar-refractivity contribution in [3.8, 4) is 11.5 Å². The zero-order valence-electron chi connectivity index (χ0n) is 12.3. The Kier molecular flexibility index (Phi) is 5.38. The van der Waals surface area contributed by atoms with Gasteiger partial charge >= 0.3 is 0 Å². The Bertz CT molecular complexity index is 509. The van der Waals surface area contributed by atoms with E-state index in [1.54, 1.807) is 0 Å². The largest absolute Gasteiger partial charge is 0.494 e. The van der Waals surface area contributed by atoms with Gasteiger partial charge in [0, 0.05) is 0 Å². The van der Waals surface area contributed by atoms with E-state index in [0.717, 1.165) is 22.6 Å². The summed E-state index contributed by atoms with van der Waals surface area (Å²) in [5.74, 6) is 1.21. The van der Waals surface area contributed by atoms with Crippen LogP contribution in [0.25, 0.3) is 0 Å². The number of carbonyl (C=O) groups excluding carboxylic acids is 1. The molecular weight excluding hydrogens is 264 g/mol. The van der Waals surface area contributed by atoms with Crippen LogP contribution in [0.1, 0.15) is 30.9 Å². The minimum atomic E-state index is -0.392. The van der Waals surface area contributed by atoms with Crippen LogP contribution in [0.2, 0.25) is 0 Å². The van der Waals surface area contributed by atoms with E-state index >= 15 is 0 Å².